The topological polar surface area (TPSA) is 79.1 Å². The molecule has 1 aromatic carbocycles. The molecule has 22 heavy (non-hydrogen) atoms. The first-order valence-corrected chi connectivity index (χ1v) is 7.59. The van der Waals surface area contributed by atoms with Crippen LogP contribution in [0.25, 0.3) is 0 Å². The number of hydrogen-bond acceptors (Lipinski definition) is 5. The molecule has 7 heteroatoms. The number of ketones is 1. The molecule has 122 valence electrons. The average Bonchev–Trinajstić information content (AvgIpc) is 2.51. The van der Waals surface area contributed by atoms with Gasteiger partial charge in [0, 0.05) is 24.8 Å². The van der Waals surface area contributed by atoms with E-state index >= 15 is 0 Å². The van der Waals surface area contributed by atoms with Crippen molar-refractivity contribution < 1.29 is 19.8 Å². The third kappa shape index (κ3) is 6.32. The number of nitrogens with zero attached hydrogens (tertiary/aromatic N) is 1. The lowest BCUT2D eigenvalue weighted by Gasteiger charge is -2.08. The van der Waals surface area contributed by atoms with Crippen LogP contribution in [0.3, 0.4) is 0 Å². The van der Waals surface area contributed by atoms with E-state index in [9.17, 15) is 9.90 Å². The first-order valence-electron chi connectivity index (χ1n) is 6.84. The first kappa shape index (κ1) is 18.9. The number of benzene rings is 1. The summed E-state index contributed by atoms with van der Waals surface area (Å²) in [5, 5.41) is 22.7. The number of Topliss-reactive ketones (excluding diaryl/α,β-unsaturated/α-hetero) is 1. The fourth-order valence-corrected chi connectivity index (χ4v) is 2.13. The van der Waals surface area contributed by atoms with Crippen LogP contribution >= 0.6 is 23.2 Å². The summed E-state index contributed by atoms with van der Waals surface area (Å²) < 4.78 is 0. The normalized spacial score (nSPS) is 13.0. The minimum Gasteiger partial charge on any atom is -0.399 e. The van der Waals surface area contributed by atoms with Crippen LogP contribution in [0.2, 0.25) is 10.0 Å². The van der Waals surface area contributed by atoms with Gasteiger partial charge in [-0.05, 0) is 18.6 Å². The zero-order valence-electron chi connectivity index (χ0n) is 12.3. The van der Waals surface area contributed by atoms with Crippen LogP contribution in [0.4, 0.5) is 0 Å². The zero-order valence-corrected chi connectivity index (χ0v) is 13.8. The molecule has 0 amide bonds. The van der Waals surface area contributed by atoms with Crippen LogP contribution in [0, 0.1) is 0 Å². The largest absolute Gasteiger partial charge is 0.399 e. The van der Waals surface area contributed by atoms with Crippen LogP contribution in [0.15, 0.2) is 23.4 Å². The maximum Gasteiger partial charge on any atom is 0.133 e. The van der Waals surface area contributed by atoms with E-state index in [0.29, 0.717) is 22.2 Å². The molecular formula is C15H19Cl2NO4. The second-order valence-electron chi connectivity index (χ2n) is 4.76. The van der Waals surface area contributed by atoms with E-state index in [1.165, 1.54) is 7.11 Å². The van der Waals surface area contributed by atoms with Gasteiger partial charge in [0.25, 0.3) is 0 Å². The summed E-state index contributed by atoms with van der Waals surface area (Å²) in [6.45, 7) is -0.340. The first-order chi connectivity index (χ1) is 10.5. The van der Waals surface area contributed by atoms with E-state index in [1.54, 1.807) is 18.2 Å². The molecule has 0 aliphatic heterocycles. The van der Waals surface area contributed by atoms with Gasteiger partial charge >= 0.3 is 0 Å². The highest BCUT2D eigenvalue weighted by Gasteiger charge is 2.12. The van der Waals surface area contributed by atoms with Crippen LogP contribution in [0.1, 0.15) is 31.2 Å². The predicted octanol–water partition coefficient (Wildman–Crippen LogP) is 2.83. The Hall–Kier alpha value is -1.14. The molecule has 0 spiro atoms. The summed E-state index contributed by atoms with van der Waals surface area (Å²) in [5.74, 6) is -0.0173. The van der Waals surface area contributed by atoms with Crippen molar-refractivity contribution in [1.82, 2.24) is 0 Å². The molecule has 0 radical (unpaired) electrons. The van der Waals surface area contributed by atoms with Gasteiger partial charge in [-0.3, -0.25) is 4.79 Å². The van der Waals surface area contributed by atoms with Crippen LogP contribution in [-0.4, -0.2) is 41.5 Å². The molecule has 5 nitrogen and oxygen atoms in total. The van der Waals surface area contributed by atoms with Crippen LogP contribution in [0.5, 0.6) is 0 Å². The van der Waals surface area contributed by atoms with Crippen molar-refractivity contribution in [3.05, 3.63) is 33.8 Å². The van der Waals surface area contributed by atoms with Gasteiger partial charge in [0.05, 0.1) is 28.5 Å². The van der Waals surface area contributed by atoms with Crippen molar-refractivity contribution >= 4 is 34.7 Å². The Kier molecular flexibility index (Phi) is 8.42. The van der Waals surface area contributed by atoms with E-state index in [-0.39, 0.29) is 31.7 Å². The molecule has 1 aromatic rings. The minimum absolute atomic E-state index is 0.0173. The molecule has 0 aliphatic carbocycles. The van der Waals surface area contributed by atoms with E-state index in [4.69, 9.17) is 33.1 Å². The lowest BCUT2D eigenvalue weighted by atomic mass is 10.0. The highest BCUT2D eigenvalue weighted by molar-refractivity contribution is 6.42. The maximum atomic E-state index is 11.8. The number of carbonyl (C=O) groups is 1. The maximum absolute atomic E-state index is 11.8. The fraction of sp³-hybridized carbons (Fsp3) is 0.467. The molecule has 0 fully saturated rings. The molecule has 0 bridgehead atoms. The minimum atomic E-state index is -0.855. The molecule has 1 unspecified atom stereocenters. The molecule has 1 rings (SSSR count). The molecule has 0 saturated carbocycles. The summed E-state index contributed by atoms with van der Waals surface area (Å²) in [4.78, 5) is 16.6. The third-order valence-electron chi connectivity index (χ3n) is 3.06. The SMILES string of the molecule is CON=C(CCC(=O)CCC(O)CO)c1ccc(Cl)c(Cl)c1. The summed E-state index contributed by atoms with van der Waals surface area (Å²) >= 11 is 11.8. The van der Waals surface area contributed by atoms with E-state index in [0.717, 1.165) is 5.56 Å². The summed E-state index contributed by atoms with van der Waals surface area (Å²) in [6, 6.07) is 5.08. The van der Waals surface area contributed by atoms with Crippen LogP contribution in [-0.2, 0) is 9.63 Å². The Morgan fingerprint density at radius 2 is 2.00 bits per heavy atom. The quantitative estimate of drug-likeness (QED) is 0.531. The second kappa shape index (κ2) is 9.79. The predicted molar refractivity (Wildman–Crippen MR) is 86.6 cm³/mol. The number of oxime groups is 1. The fourth-order valence-electron chi connectivity index (χ4n) is 1.83. The zero-order chi connectivity index (χ0) is 16.5. The van der Waals surface area contributed by atoms with E-state index < -0.39 is 6.10 Å². The number of rotatable bonds is 9. The van der Waals surface area contributed by atoms with Crippen molar-refractivity contribution in [2.45, 2.75) is 31.8 Å². The third-order valence-corrected chi connectivity index (χ3v) is 3.80. The Labute approximate surface area is 139 Å². The van der Waals surface area contributed by atoms with Gasteiger partial charge in [-0.15, -0.1) is 0 Å². The standard InChI is InChI=1S/C15H19Cl2NO4/c1-22-18-15(10-2-6-13(16)14(17)8-10)7-5-11(20)3-4-12(21)9-19/h2,6,8,12,19,21H,3-5,7,9H2,1H3. The summed E-state index contributed by atoms with van der Waals surface area (Å²) in [7, 11) is 1.43. The Morgan fingerprint density at radius 3 is 2.59 bits per heavy atom. The second-order valence-corrected chi connectivity index (χ2v) is 5.58. The molecule has 0 saturated heterocycles. The van der Waals surface area contributed by atoms with Gasteiger partial charge < -0.3 is 15.1 Å². The smallest absolute Gasteiger partial charge is 0.133 e. The van der Waals surface area contributed by atoms with Gasteiger partial charge in [-0.1, -0.05) is 34.4 Å². The number of aliphatic hydroxyl groups is 2. The molecule has 0 heterocycles. The Balaban J connectivity index is 2.63. The van der Waals surface area contributed by atoms with Gasteiger partial charge in [0.2, 0.25) is 0 Å². The van der Waals surface area contributed by atoms with Gasteiger partial charge in [0.15, 0.2) is 0 Å². The number of hydrogen-bond donors (Lipinski definition) is 2. The summed E-state index contributed by atoms with van der Waals surface area (Å²) in [6.07, 6.45) is 0.258. The monoisotopic (exact) mass is 347 g/mol. The van der Waals surface area contributed by atoms with Crippen molar-refractivity contribution in [3.8, 4) is 0 Å². The molecular weight excluding hydrogens is 329 g/mol. The Morgan fingerprint density at radius 1 is 1.27 bits per heavy atom. The average molecular weight is 348 g/mol. The lowest BCUT2D eigenvalue weighted by molar-refractivity contribution is -0.119. The number of aliphatic hydroxyl groups excluding tert-OH is 2. The molecule has 0 aliphatic rings. The summed E-state index contributed by atoms with van der Waals surface area (Å²) in [5.41, 5.74) is 1.33. The van der Waals surface area contributed by atoms with Crippen molar-refractivity contribution in [3.63, 3.8) is 0 Å². The number of halogens is 2. The van der Waals surface area contributed by atoms with E-state index in [2.05, 4.69) is 5.16 Å². The van der Waals surface area contributed by atoms with Gasteiger partial charge in [-0.2, -0.15) is 0 Å². The van der Waals surface area contributed by atoms with E-state index in [1.807, 2.05) is 0 Å². The number of carbonyl (C=O) groups excluding carboxylic acids is 1. The van der Waals surface area contributed by atoms with Crippen LogP contribution < -0.4 is 0 Å². The molecule has 1 atom stereocenters. The highest BCUT2D eigenvalue weighted by atomic mass is 35.5. The van der Waals surface area contributed by atoms with Crippen molar-refractivity contribution in [1.29, 1.82) is 0 Å². The highest BCUT2D eigenvalue weighted by Crippen LogP contribution is 2.23. The van der Waals surface area contributed by atoms with Gasteiger partial charge in [0.1, 0.15) is 12.9 Å². The van der Waals surface area contributed by atoms with Gasteiger partial charge in [-0.25, -0.2) is 0 Å². The van der Waals surface area contributed by atoms with Crippen molar-refractivity contribution in [2.75, 3.05) is 13.7 Å². The molecule has 0 aromatic heterocycles. The lowest BCUT2D eigenvalue weighted by Crippen LogP contribution is -2.14. The van der Waals surface area contributed by atoms with Crippen molar-refractivity contribution in [2.24, 2.45) is 5.16 Å². The Bertz CT molecular complexity index is 534. The molecule has 2 N–H and O–H groups in total.